The predicted molar refractivity (Wildman–Crippen MR) is 69.5 cm³/mol. The monoisotopic (exact) mass is 237 g/mol. The number of benzene rings is 1. The van der Waals surface area contributed by atoms with Crippen molar-refractivity contribution in [2.24, 2.45) is 0 Å². The predicted octanol–water partition coefficient (Wildman–Crippen LogP) is 2.12. The fourth-order valence-corrected chi connectivity index (χ4v) is 1.74. The molecule has 88 valence electrons. The highest BCUT2D eigenvalue weighted by Crippen LogP contribution is 2.22. The number of nitrogens with one attached hydrogen (secondary N) is 1. The zero-order valence-electron chi connectivity index (χ0n) is 9.54. The molecule has 5 nitrogen and oxygen atoms in total. The van der Waals surface area contributed by atoms with Crippen molar-refractivity contribution in [3.05, 3.63) is 48.9 Å². The Labute approximate surface area is 104 Å². The number of H-pyrrole nitrogens is 1. The van der Waals surface area contributed by atoms with Crippen LogP contribution in [-0.2, 0) is 0 Å². The minimum absolute atomic E-state index is 0.367. The van der Waals surface area contributed by atoms with E-state index in [1.54, 1.807) is 18.6 Å². The molecule has 1 aromatic carbocycles. The molecule has 2 aromatic heterocycles. The first-order valence-electron chi connectivity index (χ1n) is 5.52. The maximum atomic E-state index is 5.77. The quantitative estimate of drug-likeness (QED) is 0.715. The van der Waals surface area contributed by atoms with Crippen molar-refractivity contribution in [3.63, 3.8) is 0 Å². The van der Waals surface area contributed by atoms with Gasteiger partial charge in [0.1, 0.15) is 5.69 Å². The molecule has 5 heteroatoms. The van der Waals surface area contributed by atoms with Crippen LogP contribution in [-0.4, -0.2) is 19.9 Å². The van der Waals surface area contributed by atoms with E-state index in [1.165, 1.54) is 0 Å². The van der Waals surface area contributed by atoms with Gasteiger partial charge in [-0.2, -0.15) is 0 Å². The van der Waals surface area contributed by atoms with Gasteiger partial charge in [-0.15, -0.1) is 0 Å². The molecule has 18 heavy (non-hydrogen) atoms. The van der Waals surface area contributed by atoms with E-state index in [0.717, 1.165) is 11.3 Å². The van der Waals surface area contributed by atoms with Crippen LogP contribution in [0.1, 0.15) is 0 Å². The Morgan fingerprint density at radius 2 is 1.72 bits per heavy atom. The van der Waals surface area contributed by atoms with Gasteiger partial charge in [-0.1, -0.05) is 30.3 Å². The van der Waals surface area contributed by atoms with E-state index in [-0.39, 0.29) is 0 Å². The van der Waals surface area contributed by atoms with Crippen molar-refractivity contribution in [1.29, 1.82) is 0 Å². The average molecular weight is 237 g/mol. The molecule has 0 unspecified atom stereocenters. The minimum Gasteiger partial charge on any atom is -0.382 e. The summed E-state index contributed by atoms with van der Waals surface area (Å²) < 4.78 is 0. The van der Waals surface area contributed by atoms with Crippen molar-refractivity contribution in [2.75, 3.05) is 5.73 Å². The second-order valence-corrected chi connectivity index (χ2v) is 3.80. The zero-order chi connectivity index (χ0) is 12.4. The van der Waals surface area contributed by atoms with Crippen LogP contribution < -0.4 is 5.73 Å². The van der Waals surface area contributed by atoms with Crippen LogP contribution in [0, 0.1) is 0 Å². The van der Waals surface area contributed by atoms with E-state index in [1.807, 2.05) is 30.3 Å². The van der Waals surface area contributed by atoms with Crippen LogP contribution >= 0.6 is 0 Å². The van der Waals surface area contributed by atoms with E-state index in [9.17, 15) is 0 Å². The second kappa shape index (κ2) is 4.29. The molecule has 0 aliphatic heterocycles. The van der Waals surface area contributed by atoms with Crippen molar-refractivity contribution in [2.45, 2.75) is 0 Å². The van der Waals surface area contributed by atoms with Crippen molar-refractivity contribution < 1.29 is 0 Å². The van der Waals surface area contributed by atoms with E-state index in [2.05, 4.69) is 19.9 Å². The number of nitrogens with two attached hydrogens (primary N) is 1. The first kappa shape index (κ1) is 10.5. The third kappa shape index (κ3) is 1.82. The molecule has 3 rings (SSSR count). The molecule has 0 fully saturated rings. The Kier molecular flexibility index (Phi) is 2.49. The number of imidazole rings is 1. The molecular formula is C13H11N5. The number of aromatic amines is 1. The Balaban J connectivity index is 2.03. The van der Waals surface area contributed by atoms with Crippen LogP contribution in [0.15, 0.2) is 48.9 Å². The molecule has 0 atom stereocenters. The van der Waals surface area contributed by atoms with Gasteiger partial charge < -0.3 is 10.7 Å². The number of rotatable bonds is 2. The summed E-state index contributed by atoms with van der Waals surface area (Å²) in [6, 6.07) is 9.95. The molecule has 0 saturated heterocycles. The zero-order valence-corrected chi connectivity index (χ0v) is 9.54. The summed E-state index contributed by atoms with van der Waals surface area (Å²) in [5.41, 5.74) is 8.33. The van der Waals surface area contributed by atoms with Crippen LogP contribution in [0.2, 0.25) is 0 Å². The first-order valence-corrected chi connectivity index (χ1v) is 5.52. The number of hydrogen-bond acceptors (Lipinski definition) is 4. The minimum atomic E-state index is 0.367. The number of anilines is 1. The van der Waals surface area contributed by atoms with Gasteiger partial charge in [-0.3, -0.25) is 0 Å². The Bertz CT molecular complexity index is 660. The SMILES string of the molecule is Nc1nccnc1-c1ncc(-c2ccccc2)[nH]1. The highest BCUT2D eigenvalue weighted by molar-refractivity contribution is 5.67. The largest absolute Gasteiger partial charge is 0.382 e. The molecule has 0 radical (unpaired) electrons. The van der Waals surface area contributed by atoms with E-state index in [4.69, 9.17) is 5.73 Å². The lowest BCUT2D eigenvalue weighted by Crippen LogP contribution is -1.96. The van der Waals surface area contributed by atoms with Gasteiger partial charge in [0.25, 0.3) is 0 Å². The summed E-state index contributed by atoms with van der Waals surface area (Å²) in [5, 5.41) is 0. The topological polar surface area (TPSA) is 80.5 Å². The highest BCUT2D eigenvalue weighted by atomic mass is 15.0. The average Bonchev–Trinajstić information content (AvgIpc) is 2.90. The van der Waals surface area contributed by atoms with Gasteiger partial charge in [-0.25, -0.2) is 15.0 Å². The van der Waals surface area contributed by atoms with Gasteiger partial charge >= 0.3 is 0 Å². The summed E-state index contributed by atoms with van der Waals surface area (Å²) >= 11 is 0. The number of nitrogens with zero attached hydrogens (tertiary/aromatic N) is 3. The molecule has 2 heterocycles. The summed E-state index contributed by atoms with van der Waals surface area (Å²) in [4.78, 5) is 15.6. The third-order valence-electron chi connectivity index (χ3n) is 2.61. The normalized spacial score (nSPS) is 10.4. The van der Waals surface area contributed by atoms with Crippen LogP contribution in [0.3, 0.4) is 0 Å². The first-order chi connectivity index (χ1) is 8.84. The molecule has 0 saturated carbocycles. The molecule has 3 N–H and O–H groups in total. The molecular weight excluding hydrogens is 226 g/mol. The fraction of sp³-hybridized carbons (Fsp3) is 0. The van der Waals surface area contributed by atoms with Gasteiger partial charge in [0.05, 0.1) is 11.9 Å². The van der Waals surface area contributed by atoms with Gasteiger partial charge in [0.2, 0.25) is 0 Å². The maximum Gasteiger partial charge on any atom is 0.160 e. The number of nitrogen functional groups attached to an aromatic ring is 1. The molecule has 0 bridgehead atoms. The number of hydrogen-bond donors (Lipinski definition) is 2. The molecule has 0 spiro atoms. The molecule has 3 aromatic rings. The number of aromatic nitrogens is 4. The Morgan fingerprint density at radius 1 is 0.944 bits per heavy atom. The fourth-order valence-electron chi connectivity index (χ4n) is 1.74. The summed E-state index contributed by atoms with van der Waals surface area (Å²) in [6.45, 7) is 0. The molecule has 0 amide bonds. The smallest absolute Gasteiger partial charge is 0.160 e. The van der Waals surface area contributed by atoms with Gasteiger partial charge in [-0.05, 0) is 5.56 Å². The van der Waals surface area contributed by atoms with E-state index >= 15 is 0 Å². The third-order valence-corrected chi connectivity index (χ3v) is 2.61. The standard InChI is InChI=1S/C13H11N5/c14-12-11(15-6-7-16-12)13-17-8-10(18-13)9-4-2-1-3-5-9/h1-8H,(H2,14,16)(H,17,18). The summed E-state index contributed by atoms with van der Waals surface area (Å²) in [5.74, 6) is 0.992. The van der Waals surface area contributed by atoms with Crippen molar-refractivity contribution in [3.8, 4) is 22.8 Å². The van der Waals surface area contributed by atoms with E-state index < -0.39 is 0 Å². The highest BCUT2D eigenvalue weighted by Gasteiger charge is 2.09. The molecule has 0 aliphatic carbocycles. The lowest BCUT2D eigenvalue weighted by atomic mass is 10.2. The Morgan fingerprint density at radius 3 is 2.50 bits per heavy atom. The lowest BCUT2D eigenvalue weighted by Gasteiger charge is -1.99. The summed E-state index contributed by atoms with van der Waals surface area (Å²) in [7, 11) is 0. The second-order valence-electron chi connectivity index (χ2n) is 3.80. The van der Waals surface area contributed by atoms with Gasteiger partial charge in [0.15, 0.2) is 11.6 Å². The summed E-state index contributed by atoms with van der Waals surface area (Å²) in [6.07, 6.45) is 4.91. The van der Waals surface area contributed by atoms with E-state index in [0.29, 0.717) is 17.3 Å². The van der Waals surface area contributed by atoms with Crippen LogP contribution in [0.25, 0.3) is 22.8 Å². The van der Waals surface area contributed by atoms with Crippen molar-refractivity contribution >= 4 is 5.82 Å². The molecule has 0 aliphatic rings. The van der Waals surface area contributed by atoms with Crippen LogP contribution in [0.4, 0.5) is 5.82 Å². The van der Waals surface area contributed by atoms with Crippen LogP contribution in [0.5, 0.6) is 0 Å². The lowest BCUT2D eigenvalue weighted by molar-refractivity contribution is 1.17. The maximum absolute atomic E-state index is 5.77. The Hall–Kier alpha value is -2.69. The van der Waals surface area contributed by atoms with Gasteiger partial charge in [0, 0.05) is 12.4 Å². The van der Waals surface area contributed by atoms with Crippen molar-refractivity contribution in [1.82, 2.24) is 19.9 Å².